The molecule has 10 heteroatoms. The first-order valence-corrected chi connectivity index (χ1v) is 8.95. The van der Waals surface area contributed by atoms with Crippen LogP contribution in [0.3, 0.4) is 0 Å². The summed E-state index contributed by atoms with van der Waals surface area (Å²) in [5.41, 5.74) is 19.4. The molecule has 1 aromatic heterocycles. The number of benzene rings is 1. The summed E-state index contributed by atoms with van der Waals surface area (Å²) in [6.07, 6.45) is 6.40. The van der Waals surface area contributed by atoms with Gasteiger partial charge in [-0.3, -0.25) is 4.79 Å². The number of carbonyl (C=O) groups excluding carboxylic acids is 1. The van der Waals surface area contributed by atoms with Crippen LogP contribution in [0.5, 0.6) is 5.75 Å². The van der Waals surface area contributed by atoms with Gasteiger partial charge in [0, 0.05) is 16.9 Å². The molecule has 2 rings (SSSR count). The van der Waals surface area contributed by atoms with Gasteiger partial charge in [0.1, 0.15) is 22.8 Å². The largest absolute Gasteiger partial charge is 0.493 e. The van der Waals surface area contributed by atoms with Crippen molar-refractivity contribution in [2.24, 2.45) is 22.5 Å². The lowest BCUT2D eigenvalue weighted by Crippen LogP contribution is -2.25. The van der Waals surface area contributed by atoms with Crippen LogP contribution in [0.4, 0.5) is 10.1 Å². The molecule has 0 saturated heterocycles. The van der Waals surface area contributed by atoms with E-state index in [2.05, 4.69) is 10.0 Å². The van der Waals surface area contributed by atoms with E-state index in [0.717, 1.165) is 31.7 Å². The number of hydrogen-bond acceptors (Lipinski definition) is 5. The highest BCUT2D eigenvalue weighted by Gasteiger charge is 2.18. The van der Waals surface area contributed by atoms with Crippen LogP contribution in [0, 0.1) is 11.7 Å². The number of nitrogens with zero attached hydrogens (tertiary/aromatic N) is 3. The number of azide groups is 1. The van der Waals surface area contributed by atoms with E-state index in [1.807, 2.05) is 0 Å². The van der Waals surface area contributed by atoms with Crippen molar-refractivity contribution in [1.82, 2.24) is 0 Å². The normalized spacial score (nSPS) is 11.5. The zero-order valence-electron chi connectivity index (χ0n) is 15.5. The number of nitrogens with two attached hydrogens (primary N) is 2. The first-order valence-electron chi connectivity index (χ1n) is 8.95. The highest BCUT2D eigenvalue weighted by atomic mass is 35.5. The minimum absolute atomic E-state index is 0. The van der Waals surface area contributed by atoms with Crippen LogP contribution in [0.1, 0.15) is 38.5 Å². The standard InChI is InChI=1S/C18H24FN5O3.ClH/c19-14-11-15(13-7-10-27-17(13)16(14)23-24-22)26-9-6-12(18(21)25)5-3-1-2-4-8-20;/h7,10-12H,1-6,8-9,20H2,(H2,21,25);1H. The fourth-order valence-corrected chi connectivity index (χ4v) is 2.94. The van der Waals surface area contributed by atoms with Crippen molar-refractivity contribution >= 4 is 35.0 Å². The van der Waals surface area contributed by atoms with Gasteiger partial charge in [0.2, 0.25) is 5.91 Å². The molecule has 0 aliphatic heterocycles. The van der Waals surface area contributed by atoms with E-state index in [1.165, 1.54) is 6.26 Å². The third-order valence-electron chi connectivity index (χ3n) is 4.41. The summed E-state index contributed by atoms with van der Waals surface area (Å²) in [5.74, 6) is -1.14. The van der Waals surface area contributed by atoms with E-state index in [9.17, 15) is 9.18 Å². The zero-order chi connectivity index (χ0) is 19.6. The Kier molecular flexibility index (Phi) is 10.2. The van der Waals surface area contributed by atoms with E-state index in [-0.39, 0.29) is 47.9 Å². The third-order valence-corrected chi connectivity index (χ3v) is 4.41. The maximum atomic E-state index is 14.1. The maximum Gasteiger partial charge on any atom is 0.220 e. The molecule has 4 N–H and O–H groups in total. The molecular weight excluding hydrogens is 389 g/mol. The second-order valence-corrected chi connectivity index (χ2v) is 6.29. The number of furan rings is 1. The van der Waals surface area contributed by atoms with Crippen LogP contribution in [0.15, 0.2) is 27.9 Å². The van der Waals surface area contributed by atoms with Crippen LogP contribution in [0.2, 0.25) is 0 Å². The Hall–Kier alpha value is -2.48. The van der Waals surface area contributed by atoms with Crippen LogP contribution in [-0.4, -0.2) is 19.1 Å². The van der Waals surface area contributed by atoms with E-state index in [0.29, 0.717) is 24.8 Å². The number of carbonyl (C=O) groups is 1. The Morgan fingerprint density at radius 3 is 2.75 bits per heavy atom. The van der Waals surface area contributed by atoms with Crippen LogP contribution in [0.25, 0.3) is 21.4 Å². The minimum Gasteiger partial charge on any atom is -0.493 e. The molecule has 1 unspecified atom stereocenters. The van der Waals surface area contributed by atoms with Crippen LogP contribution >= 0.6 is 12.4 Å². The molecule has 0 saturated carbocycles. The first kappa shape index (κ1) is 23.6. The number of hydrogen-bond donors (Lipinski definition) is 2. The van der Waals surface area contributed by atoms with Gasteiger partial charge in [-0.1, -0.05) is 24.4 Å². The van der Waals surface area contributed by atoms with Crippen molar-refractivity contribution in [2.75, 3.05) is 13.2 Å². The van der Waals surface area contributed by atoms with Crippen molar-refractivity contribution < 1.29 is 18.3 Å². The fraction of sp³-hybridized carbons (Fsp3) is 0.500. The number of amides is 1. The molecule has 1 heterocycles. The Balaban J connectivity index is 0.00000392. The highest BCUT2D eigenvalue weighted by Crippen LogP contribution is 2.37. The summed E-state index contributed by atoms with van der Waals surface area (Å²) < 4.78 is 25.0. The molecule has 0 aliphatic carbocycles. The van der Waals surface area contributed by atoms with Crippen molar-refractivity contribution in [3.05, 3.63) is 34.7 Å². The number of unbranched alkanes of at least 4 members (excludes halogenated alkanes) is 3. The average Bonchev–Trinajstić information content (AvgIpc) is 3.12. The molecule has 0 radical (unpaired) electrons. The zero-order valence-corrected chi connectivity index (χ0v) is 16.3. The minimum atomic E-state index is -0.739. The van der Waals surface area contributed by atoms with Gasteiger partial charge in [0.15, 0.2) is 0 Å². The van der Waals surface area contributed by atoms with Gasteiger partial charge in [-0.05, 0) is 37.4 Å². The Morgan fingerprint density at radius 2 is 2.07 bits per heavy atom. The Bertz CT molecular complexity index is 823. The topological polar surface area (TPSA) is 140 Å². The molecular formula is C18H25ClFN5O3. The molecule has 0 aliphatic rings. The predicted octanol–water partition coefficient (Wildman–Crippen LogP) is 4.72. The number of rotatable bonds is 12. The van der Waals surface area contributed by atoms with E-state index >= 15 is 0 Å². The summed E-state index contributed by atoms with van der Waals surface area (Å²) in [5, 5.41) is 3.82. The first-order chi connectivity index (χ1) is 13.1. The number of halogens is 2. The third kappa shape index (κ3) is 6.30. The molecule has 1 aromatic carbocycles. The maximum absolute atomic E-state index is 14.1. The van der Waals surface area contributed by atoms with Crippen molar-refractivity contribution in [3.8, 4) is 5.75 Å². The van der Waals surface area contributed by atoms with Gasteiger partial charge in [-0.2, -0.15) is 0 Å². The van der Waals surface area contributed by atoms with Gasteiger partial charge in [0.05, 0.1) is 18.3 Å². The van der Waals surface area contributed by atoms with E-state index < -0.39 is 5.82 Å². The van der Waals surface area contributed by atoms with E-state index in [1.54, 1.807) is 6.07 Å². The second-order valence-electron chi connectivity index (χ2n) is 6.29. The molecule has 1 atom stereocenters. The summed E-state index contributed by atoms with van der Waals surface area (Å²) >= 11 is 0. The molecule has 2 aromatic rings. The van der Waals surface area contributed by atoms with Crippen molar-refractivity contribution in [3.63, 3.8) is 0 Å². The molecule has 154 valence electrons. The highest BCUT2D eigenvalue weighted by molar-refractivity contribution is 5.92. The molecule has 0 bridgehead atoms. The van der Waals surface area contributed by atoms with Gasteiger partial charge in [-0.25, -0.2) is 4.39 Å². The van der Waals surface area contributed by atoms with Crippen molar-refractivity contribution in [2.45, 2.75) is 38.5 Å². The van der Waals surface area contributed by atoms with E-state index in [4.69, 9.17) is 26.2 Å². The summed E-state index contributed by atoms with van der Waals surface area (Å²) in [4.78, 5) is 14.2. The molecule has 1 amide bonds. The van der Waals surface area contributed by atoms with Gasteiger partial charge in [-0.15, -0.1) is 12.4 Å². The molecule has 28 heavy (non-hydrogen) atoms. The molecule has 0 spiro atoms. The number of fused-ring (bicyclic) bond motifs is 1. The monoisotopic (exact) mass is 413 g/mol. The lowest BCUT2D eigenvalue weighted by Gasteiger charge is -2.14. The fourth-order valence-electron chi connectivity index (χ4n) is 2.94. The van der Waals surface area contributed by atoms with Crippen molar-refractivity contribution in [1.29, 1.82) is 0 Å². The summed E-state index contributed by atoms with van der Waals surface area (Å²) in [6.45, 7) is 0.877. The number of primary amides is 1. The average molecular weight is 414 g/mol. The Labute approximate surface area is 168 Å². The number of ether oxygens (including phenoxy) is 1. The smallest absolute Gasteiger partial charge is 0.220 e. The lowest BCUT2D eigenvalue weighted by molar-refractivity contribution is -0.122. The summed E-state index contributed by atoms with van der Waals surface area (Å²) in [6, 6.07) is 2.75. The lowest BCUT2D eigenvalue weighted by atomic mass is 9.97. The Morgan fingerprint density at radius 1 is 1.32 bits per heavy atom. The predicted molar refractivity (Wildman–Crippen MR) is 107 cm³/mol. The van der Waals surface area contributed by atoms with Gasteiger partial charge >= 0.3 is 0 Å². The molecule has 0 fully saturated rings. The van der Waals surface area contributed by atoms with Gasteiger partial charge in [0.25, 0.3) is 0 Å². The summed E-state index contributed by atoms with van der Waals surface area (Å²) in [7, 11) is 0. The second kappa shape index (κ2) is 12.1. The molecule has 8 nitrogen and oxygen atoms in total. The van der Waals surface area contributed by atoms with Gasteiger partial charge < -0.3 is 20.6 Å². The quantitative estimate of drug-likeness (QED) is 0.225. The van der Waals surface area contributed by atoms with Crippen LogP contribution in [-0.2, 0) is 4.79 Å². The SMILES string of the molecule is Cl.[N-]=[N+]=Nc1c(F)cc(OCCC(CCCCCCN)C(N)=O)c2ccoc12. The van der Waals surface area contributed by atoms with Crippen LogP contribution < -0.4 is 16.2 Å².